The van der Waals surface area contributed by atoms with Gasteiger partial charge in [0, 0.05) is 23.5 Å². The zero-order chi connectivity index (χ0) is 18.6. The highest BCUT2D eigenvalue weighted by atomic mass is 79.9. The zero-order valence-electron chi connectivity index (χ0n) is 13.4. The van der Waals surface area contributed by atoms with Gasteiger partial charge in [-0.15, -0.1) is 0 Å². The van der Waals surface area contributed by atoms with Crippen LogP contribution < -0.4 is 0 Å². The summed E-state index contributed by atoms with van der Waals surface area (Å²) >= 11 is 14.2. The molecule has 0 aromatic heterocycles. The van der Waals surface area contributed by atoms with Crippen LogP contribution in [0.1, 0.15) is 22.3 Å². The number of fused-ring (bicyclic) bond motifs is 2. The van der Waals surface area contributed by atoms with Gasteiger partial charge < -0.3 is 5.11 Å². The van der Waals surface area contributed by atoms with Crippen LogP contribution in [-0.4, -0.2) is 17.5 Å². The van der Waals surface area contributed by atoms with Crippen LogP contribution in [0.2, 0.25) is 0 Å². The Bertz CT molecular complexity index is 1030. The van der Waals surface area contributed by atoms with Crippen molar-refractivity contribution in [3.63, 3.8) is 0 Å². The number of carbonyl (C=O) groups is 1. The summed E-state index contributed by atoms with van der Waals surface area (Å²) in [6.07, 6.45) is 3.64. The number of benzene rings is 2. The molecule has 1 N–H and O–H groups in total. The van der Waals surface area contributed by atoms with Crippen LogP contribution in [0.25, 0.3) is 11.6 Å². The second kappa shape index (κ2) is 7.13. The highest BCUT2D eigenvalue weighted by molar-refractivity contribution is 9.13. The van der Waals surface area contributed by atoms with Gasteiger partial charge in [-0.25, -0.2) is 0 Å². The summed E-state index contributed by atoms with van der Waals surface area (Å²) in [5.74, 6) is -0.229. The second-order valence-electron chi connectivity index (χ2n) is 6.35. The average molecular weight is 604 g/mol. The third-order valence-electron chi connectivity index (χ3n) is 4.79. The monoisotopic (exact) mass is 600 g/mol. The molecule has 0 atom stereocenters. The van der Waals surface area contributed by atoms with Crippen LogP contribution in [0.5, 0.6) is 0 Å². The zero-order valence-corrected chi connectivity index (χ0v) is 19.7. The van der Waals surface area contributed by atoms with Gasteiger partial charge >= 0.3 is 0 Å². The van der Waals surface area contributed by atoms with Crippen LogP contribution in [0.3, 0.4) is 0 Å². The van der Waals surface area contributed by atoms with Gasteiger partial charge in [0.25, 0.3) is 0 Å². The third-order valence-corrected chi connectivity index (χ3v) is 8.48. The minimum atomic E-state index is -0.483. The standard InChI is InChI=1S/C20H12Br4O2/c21-15-4-9-1-11(2-10(9)5-16(15)22)13-3-12-6-17(23)18(24)7-14(12)20(13)19(26)8-25/h1,4-7,25H,2-3,8H2. The fraction of sp³-hybridized carbons (Fsp3) is 0.150. The molecule has 0 amide bonds. The average Bonchev–Trinajstić information content (AvgIpc) is 3.16. The van der Waals surface area contributed by atoms with Crippen molar-refractivity contribution in [1.29, 1.82) is 0 Å². The minimum Gasteiger partial charge on any atom is -0.388 e. The number of hydrogen-bond acceptors (Lipinski definition) is 2. The highest BCUT2D eigenvalue weighted by Gasteiger charge is 2.30. The van der Waals surface area contributed by atoms with E-state index < -0.39 is 6.61 Å². The minimum absolute atomic E-state index is 0.229. The molecule has 0 heterocycles. The summed E-state index contributed by atoms with van der Waals surface area (Å²) in [4.78, 5) is 12.5. The summed E-state index contributed by atoms with van der Waals surface area (Å²) in [6.45, 7) is -0.483. The molecule has 0 spiro atoms. The van der Waals surface area contributed by atoms with Gasteiger partial charge in [-0.1, -0.05) is 6.08 Å². The lowest BCUT2D eigenvalue weighted by atomic mass is 9.96. The van der Waals surface area contributed by atoms with Gasteiger partial charge in [0.2, 0.25) is 0 Å². The number of aliphatic hydroxyl groups excluding tert-OH is 1. The molecule has 0 unspecified atom stereocenters. The molecule has 2 aliphatic carbocycles. The van der Waals surface area contributed by atoms with Gasteiger partial charge in [0.15, 0.2) is 5.78 Å². The molecule has 0 radical (unpaired) electrons. The molecule has 2 aromatic rings. The van der Waals surface area contributed by atoms with Crippen molar-refractivity contribution in [2.24, 2.45) is 0 Å². The smallest absolute Gasteiger partial charge is 0.189 e. The number of rotatable bonds is 3. The van der Waals surface area contributed by atoms with Crippen molar-refractivity contribution < 1.29 is 9.90 Å². The molecule has 0 aliphatic heterocycles. The third kappa shape index (κ3) is 3.14. The van der Waals surface area contributed by atoms with Crippen molar-refractivity contribution >= 4 is 81.2 Å². The molecule has 132 valence electrons. The van der Waals surface area contributed by atoms with Crippen molar-refractivity contribution in [2.75, 3.05) is 6.61 Å². The summed E-state index contributed by atoms with van der Waals surface area (Å²) < 4.78 is 3.90. The number of Topliss-reactive ketones (excluding diaryl/α,β-unsaturated/α-hetero) is 1. The largest absolute Gasteiger partial charge is 0.388 e. The van der Waals surface area contributed by atoms with Crippen molar-refractivity contribution in [1.82, 2.24) is 0 Å². The van der Waals surface area contributed by atoms with E-state index in [9.17, 15) is 9.90 Å². The van der Waals surface area contributed by atoms with Crippen molar-refractivity contribution in [2.45, 2.75) is 12.8 Å². The Morgan fingerprint density at radius 2 is 1.50 bits per heavy atom. The van der Waals surface area contributed by atoms with Gasteiger partial charge in [-0.05, 0) is 134 Å². The van der Waals surface area contributed by atoms with E-state index in [0.717, 1.165) is 52.1 Å². The normalized spacial score (nSPS) is 15.2. The quantitative estimate of drug-likeness (QED) is 0.451. The van der Waals surface area contributed by atoms with E-state index in [1.807, 2.05) is 12.1 Å². The molecule has 26 heavy (non-hydrogen) atoms. The van der Waals surface area contributed by atoms with Crippen molar-refractivity contribution in [3.8, 4) is 0 Å². The van der Waals surface area contributed by atoms with Gasteiger partial charge in [0.05, 0.1) is 0 Å². The van der Waals surface area contributed by atoms with E-state index in [-0.39, 0.29) is 5.78 Å². The van der Waals surface area contributed by atoms with E-state index in [1.165, 1.54) is 5.56 Å². The molecule has 2 nitrogen and oxygen atoms in total. The van der Waals surface area contributed by atoms with Crippen LogP contribution in [-0.2, 0) is 17.6 Å². The lowest BCUT2D eigenvalue weighted by Gasteiger charge is -2.08. The van der Waals surface area contributed by atoms with E-state index >= 15 is 0 Å². The first-order valence-corrected chi connectivity index (χ1v) is 11.1. The number of aliphatic hydroxyl groups is 1. The summed E-state index contributed by atoms with van der Waals surface area (Å²) in [5.41, 5.74) is 7.22. The Balaban J connectivity index is 1.84. The fourth-order valence-electron chi connectivity index (χ4n) is 3.61. The number of hydrogen-bond donors (Lipinski definition) is 1. The molecule has 6 heteroatoms. The van der Waals surface area contributed by atoms with Gasteiger partial charge in [-0.3, -0.25) is 4.79 Å². The van der Waals surface area contributed by atoms with Crippen molar-refractivity contribution in [3.05, 3.63) is 75.6 Å². The Morgan fingerprint density at radius 1 is 0.885 bits per heavy atom. The van der Waals surface area contributed by atoms with E-state index in [1.54, 1.807) is 0 Å². The molecular formula is C20H12Br4O2. The van der Waals surface area contributed by atoms with Crippen LogP contribution >= 0.6 is 63.7 Å². The number of halogens is 4. The molecule has 0 fully saturated rings. The first-order chi connectivity index (χ1) is 12.4. The predicted molar refractivity (Wildman–Crippen MR) is 118 cm³/mol. The van der Waals surface area contributed by atoms with Crippen LogP contribution in [0.15, 0.2) is 53.3 Å². The van der Waals surface area contributed by atoms with Gasteiger partial charge in [-0.2, -0.15) is 0 Å². The van der Waals surface area contributed by atoms with Crippen LogP contribution in [0, 0.1) is 0 Å². The summed E-state index contributed by atoms with van der Waals surface area (Å²) in [7, 11) is 0. The number of ketones is 1. The Morgan fingerprint density at radius 3 is 2.19 bits per heavy atom. The predicted octanol–water partition coefficient (Wildman–Crippen LogP) is 6.25. The Hall–Kier alpha value is -0.530. The molecule has 0 bridgehead atoms. The van der Waals surface area contributed by atoms with E-state index in [4.69, 9.17) is 0 Å². The summed E-state index contributed by atoms with van der Waals surface area (Å²) in [6, 6.07) is 8.22. The highest BCUT2D eigenvalue weighted by Crippen LogP contribution is 2.44. The first kappa shape index (κ1) is 18.8. The molecule has 4 rings (SSSR count). The maximum absolute atomic E-state index is 12.5. The molecule has 2 aliphatic rings. The van der Waals surface area contributed by atoms with E-state index in [0.29, 0.717) is 12.0 Å². The molecule has 2 aromatic carbocycles. The van der Waals surface area contributed by atoms with Gasteiger partial charge in [0.1, 0.15) is 6.61 Å². The fourth-order valence-corrected chi connectivity index (χ4v) is 5.09. The van der Waals surface area contributed by atoms with Crippen LogP contribution in [0.4, 0.5) is 0 Å². The second-order valence-corrected chi connectivity index (χ2v) is 9.76. The number of carbonyl (C=O) groups excluding carboxylic acids is 1. The number of allylic oxidation sites excluding steroid dienone is 2. The SMILES string of the molecule is O=C(CO)C1=C(C2=Cc3cc(Br)c(Br)cc3C2)Cc2cc(Br)c(Br)cc21. The topological polar surface area (TPSA) is 37.3 Å². The van der Waals surface area contributed by atoms with E-state index in [2.05, 4.69) is 81.9 Å². The molecule has 0 saturated carbocycles. The molecule has 0 saturated heterocycles. The maximum atomic E-state index is 12.5. The molecular weight excluding hydrogens is 592 g/mol. The lowest BCUT2D eigenvalue weighted by molar-refractivity contribution is -0.116. The Kier molecular flexibility index (Phi) is 5.16. The lowest BCUT2D eigenvalue weighted by Crippen LogP contribution is -2.08. The Labute approximate surface area is 184 Å². The first-order valence-electron chi connectivity index (χ1n) is 7.93. The summed E-state index contributed by atoms with van der Waals surface area (Å²) in [5, 5.41) is 9.52. The maximum Gasteiger partial charge on any atom is 0.189 e.